The van der Waals surface area contributed by atoms with E-state index >= 15 is 0 Å². The van der Waals surface area contributed by atoms with Crippen LogP contribution >= 0.6 is 23.2 Å². The van der Waals surface area contributed by atoms with Crippen molar-refractivity contribution in [3.05, 3.63) is 55.3 Å². The zero-order valence-corrected chi connectivity index (χ0v) is 17.7. The van der Waals surface area contributed by atoms with Crippen LogP contribution in [-0.4, -0.2) is 56.9 Å². The van der Waals surface area contributed by atoms with Crippen LogP contribution in [0.3, 0.4) is 0 Å². The minimum atomic E-state index is -4.86. The average Bonchev–Trinajstić information content (AvgIpc) is 2.69. The second-order valence-corrected chi connectivity index (χ2v) is 7.27. The maximum Gasteiger partial charge on any atom is 0.405 e. The highest BCUT2D eigenvalue weighted by atomic mass is 35.5. The van der Waals surface area contributed by atoms with Crippen LogP contribution in [0.2, 0.25) is 10.0 Å². The van der Waals surface area contributed by atoms with Crippen LogP contribution in [0.4, 0.5) is 13.2 Å². The number of benzene rings is 1. The Morgan fingerprint density at radius 2 is 1.64 bits per heavy atom. The van der Waals surface area contributed by atoms with Gasteiger partial charge in [-0.05, 0) is 17.7 Å². The lowest BCUT2D eigenvalue weighted by molar-refractivity contribution is -0.135. The Labute approximate surface area is 192 Å². The third-order valence-electron chi connectivity index (χ3n) is 4.06. The summed E-state index contributed by atoms with van der Waals surface area (Å²) >= 11 is 11.8. The molecule has 0 bridgehead atoms. The van der Waals surface area contributed by atoms with Gasteiger partial charge in [-0.2, -0.15) is 13.2 Å². The molecule has 2 rings (SSSR count). The molecule has 2 amide bonds. The van der Waals surface area contributed by atoms with Gasteiger partial charge >= 0.3 is 12.1 Å². The molecule has 0 saturated heterocycles. The maximum atomic E-state index is 12.8. The van der Waals surface area contributed by atoms with Gasteiger partial charge in [-0.1, -0.05) is 29.3 Å². The van der Waals surface area contributed by atoms with Gasteiger partial charge in [0.15, 0.2) is 5.75 Å². The average molecular weight is 512 g/mol. The number of hydrogen-bond donors (Lipinski definition) is 5. The summed E-state index contributed by atoms with van der Waals surface area (Å²) in [5, 5.41) is 32.9. The van der Waals surface area contributed by atoms with Crippen molar-refractivity contribution in [3.8, 4) is 11.6 Å². The molecule has 0 spiro atoms. The van der Waals surface area contributed by atoms with E-state index in [1.807, 2.05) is 0 Å². The molecule has 5 N–H and O–H groups in total. The number of aromatic nitrogens is 1. The molecule has 0 aliphatic carbocycles. The first-order valence-electron chi connectivity index (χ1n) is 8.70. The summed E-state index contributed by atoms with van der Waals surface area (Å²) in [5.74, 6) is -7.27. The number of alkyl halides is 3. The lowest BCUT2D eigenvalue weighted by Crippen LogP contribution is -2.39. The second kappa shape index (κ2) is 10.0. The van der Waals surface area contributed by atoms with E-state index in [2.05, 4.69) is 0 Å². The quantitative estimate of drug-likeness (QED) is 0.378. The van der Waals surface area contributed by atoms with E-state index in [0.717, 1.165) is 0 Å². The minimum Gasteiger partial charge on any atom is -0.506 e. The Balaban J connectivity index is 2.67. The molecule has 178 valence electrons. The van der Waals surface area contributed by atoms with E-state index < -0.39 is 71.9 Å². The molecule has 1 aromatic heterocycles. The first-order chi connectivity index (χ1) is 15.2. The molecule has 0 radical (unpaired) electrons. The van der Waals surface area contributed by atoms with Crippen molar-refractivity contribution in [2.75, 3.05) is 13.1 Å². The molecule has 1 heterocycles. The van der Waals surface area contributed by atoms with Crippen molar-refractivity contribution >= 4 is 41.0 Å². The number of aromatic hydroxyl groups is 2. The summed E-state index contributed by atoms with van der Waals surface area (Å²) in [6.07, 6.45) is -4.86. The standard InChI is InChI=1S/C18H14Cl2F3N3O7/c19-8-2-1-7(9(20)3-8)5-26-16(32)11(14(30)24-4-10(27)28)13(29)12(17(26)33)15(31)25-6-18(21,22)23/h1-3,29,32H,4-6H2,(H,24,30)(H,25,31)(H,27,28). The van der Waals surface area contributed by atoms with Gasteiger partial charge in [0.25, 0.3) is 17.4 Å². The predicted octanol–water partition coefficient (Wildman–Crippen LogP) is 1.72. The molecule has 0 fully saturated rings. The summed E-state index contributed by atoms with van der Waals surface area (Å²) in [6, 6.07) is 3.97. The van der Waals surface area contributed by atoms with Crippen molar-refractivity contribution in [1.82, 2.24) is 15.2 Å². The van der Waals surface area contributed by atoms with Crippen LogP contribution in [0, 0.1) is 0 Å². The van der Waals surface area contributed by atoms with Crippen LogP contribution in [0.25, 0.3) is 0 Å². The fraction of sp³-hybridized carbons (Fsp3) is 0.222. The Hall–Kier alpha value is -3.45. The largest absolute Gasteiger partial charge is 0.506 e. The topological polar surface area (TPSA) is 158 Å². The summed E-state index contributed by atoms with van der Waals surface area (Å²) < 4.78 is 37.8. The number of carbonyl (C=O) groups is 3. The van der Waals surface area contributed by atoms with Crippen molar-refractivity contribution < 1.29 is 42.9 Å². The SMILES string of the molecule is O=C(O)CNC(=O)c1c(O)c(C(=O)NCC(F)(F)F)c(=O)n(Cc2ccc(Cl)cc2Cl)c1O. The smallest absolute Gasteiger partial charge is 0.405 e. The predicted molar refractivity (Wildman–Crippen MR) is 108 cm³/mol. The van der Waals surface area contributed by atoms with Gasteiger partial charge in [0.2, 0.25) is 5.88 Å². The second-order valence-electron chi connectivity index (χ2n) is 6.42. The zero-order chi connectivity index (χ0) is 25.1. The van der Waals surface area contributed by atoms with Crippen LogP contribution in [0.15, 0.2) is 23.0 Å². The number of nitrogens with zero attached hydrogens (tertiary/aromatic N) is 1. The third-order valence-corrected chi connectivity index (χ3v) is 4.65. The van der Waals surface area contributed by atoms with Crippen molar-refractivity contribution in [2.24, 2.45) is 0 Å². The molecule has 0 aliphatic rings. The molecule has 0 aliphatic heterocycles. The monoisotopic (exact) mass is 511 g/mol. The van der Waals surface area contributed by atoms with Gasteiger partial charge < -0.3 is 26.0 Å². The van der Waals surface area contributed by atoms with Gasteiger partial charge in [-0.25, -0.2) is 0 Å². The van der Waals surface area contributed by atoms with E-state index in [-0.39, 0.29) is 15.6 Å². The number of carboxylic acids is 1. The van der Waals surface area contributed by atoms with Gasteiger partial charge in [0, 0.05) is 10.0 Å². The van der Waals surface area contributed by atoms with Crippen molar-refractivity contribution in [2.45, 2.75) is 12.7 Å². The van der Waals surface area contributed by atoms with E-state index in [4.69, 9.17) is 28.3 Å². The number of carbonyl (C=O) groups excluding carboxylic acids is 2. The first-order valence-corrected chi connectivity index (χ1v) is 9.46. The van der Waals surface area contributed by atoms with Gasteiger partial charge in [-0.3, -0.25) is 23.7 Å². The molecule has 15 heteroatoms. The normalized spacial score (nSPS) is 11.2. The van der Waals surface area contributed by atoms with Crippen molar-refractivity contribution in [1.29, 1.82) is 0 Å². The molecule has 33 heavy (non-hydrogen) atoms. The molecule has 0 atom stereocenters. The van der Waals surface area contributed by atoms with Crippen LogP contribution in [-0.2, 0) is 11.3 Å². The first kappa shape index (κ1) is 25.8. The summed E-state index contributed by atoms with van der Waals surface area (Å²) in [6.45, 7) is -3.44. The molecule has 0 saturated carbocycles. The fourth-order valence-corrected chi connectivity index (χ4v) is 3.06. The molecule has 0 unspecified atom stereocenters. The Bertz CT molecular complexity index is 1180. The molecule has 1 aromatic carbocycles. The van der Waals surface area contributed by atoms with E-state index in [0.29, 0.717) is 4.57 Å². The molecular weight excluding hydrogens is 498 g/mol. The number of nitrogens with one attached hydrogen (secondary N) is 2. The summed E-state index contributed by atoms with van der Waals surface area (Å²) in [4.78, 5) is 48.1. The fourth-order valence-electron chi connectivity index (χ4n) is 2.59. The van der Waals surface area contributed by atoms with Gasteiger partial charge in [-0.15, -0.1) is 0 Å². The number of carboxylic acid groups (broad SMARTS) is 1. The number of aliphatic carboxylic acids is 1. The van der Waals surface area contributed by atoms with Crippen LogP contribution in [0.1, 0.15) is 26.3 Å². The molecular formula is C18H14Cl2F3N3O7. The highest BCUT2D eigenvalue weighted by Crippen LogP contribution is 2.30. The molecule has 10 nitrogen and oxygen atoms in total. The Kier molecular flexibility index (Phi) is 7.82. The van der Waals surface area contributed by atoms with Crippen LogP contribution < -0.4 is 16.2 Å². The number of amides is 2. The molecule has 2 aromatic rings. The van der Waals surface area contributed by atoms with Gasteiger partial charge in [0.05, 0.1) is 6.54 Å². The third kappa shape index (κ3) is 6.29. The number of rotatable bonds is 7. The number of hydrogen-bond acceptors (Lipinski definition) is 6. The Morgan fingerprint density at radius 1 is 1.03 bits per heavy atom. The van der Waals surface area contributed by atoms with Crippen molar-refractivity contribution in [3.63, 3.8) is 0 Å². The highest BCUT2D eigenvalue weighted by Gasteiger charge is 2.33. The maximum absolute atomic E-state index is 12.8. The minimum absolute atomic E-state index is 0.00169. The van der Waals surface area contributed by atoms with E-state index in [1.165, 1.54) is 23.5 Å². The Morgan fingerprint density at radius 3 is 2.18 bits per heavy atom. The summed E-state index contributed by atoms with van der Waals surface area (Å²) in [7, 11) is 0. The lowest BCUT2D eigenvalue weighted by Gasteiger charge is -2.17. The zero-order valence-electron chi connectivity index (χ0n) is 16.2. The lowest BCUT2D eigenvalue weighted by atomic mass is 10.1. The van der Waals surface area contributed by atoms with E-state index in [9.17, 15) is 42.6 Å². The number of halogens is 5. The van der Waals surface area contributed by atoms with Gasteiger partial charge in [0.1, 0.15) is 24.2 Å². The highest BCUT2D eigenvalue weighted by molar-refractivity contribution is 6.35. The summed E-state index contributed by atoms with van der Waals surface area (Å²) in [5.41, 5.74) is -3.71. The van der Waals surface area contributed by atoms with Crippen LogP contribution in [0.5, 0.6) is 11.6 Å². The van der Waals surface area contributed by atoms with E-state index in [1.54, 1.807) is 5.32 Å². The number of pyridine rings is 1.